The fourth-order valence-corrected chi connectivity index (χ4v) is 5.05. The van der Waals surface area contributed by atoms with Crippen molar-refractivity contribution in [1.82, 2.24) is 15.5 Å². The normalized spacial score (nSPS) is 15.3. The number of anilines is 1. The second kappa shape index (κ2) is 10.8. The summed E-state index contributed by atoms with van der Waals surface area (Å²) in [6.07, 6.45) is 1.68. The summed E-state index contributed by atoms with van der Waals surface area (Å²) in [6, 6.07) is 20.9. The molecular weight excluding hydrogens is 428 g/mol. The Hall–Kier alpha value is -2.86. The molecule has 2 heterocycles. The van der Waals surface area contributed by atoms with Crippen LogP contribution in [0.5, 0.6) is 0 Å². The number of aryl methyl sites for hydroxylation is 2. The minimum Gasteiger partial charge on any atom is -0.355 e. The van der Waals surface area contributed by atoms with Crippen molar-refractivity contribution in [2.24, 2.45) is 5.92 Å². The van der Waals surface area contributed by atoms with E-state index in [1.54, 1.807) is 11.8 Å². The van der Waals surface area contributed by atoms with Crippen molar-refractivity contribution >= 4 is 23.5 Å². The standard InChI is InChI=1S/C27H32N4OS/c1-19-9-10-20(2)24(17-19)33-26-12-11-25(29-30-26)31-15-13-23(14-16-31)27(32)28-18-21(3)22-7-5-4-6-8-22/h4-12,17,21,23H,13-16,18H2,1-3H3,(H,28,32)/t21-/m0/s1. The number of nitrogens with zero attached hydrogens (tertiary/aromatic N) is 3. The van der Waals surface area contributed by atoms with E-state index in [9.17, 15) is 4.79 Å². The van der Waals surface area contributed by atoms with Crippen LogP contribution in [0.2, 0.25) is 0 Å². The van der Waals surface area contributed by atoms with E-state index >= 15 is 0 Å². The van der Waals surface area contributed by atoms with Gasteiger partial charge in [0.25, 0.3) is 0 Å². The summed E-state index contributed by atoms with van der Waals surface area (Å²) in [7, 11) is 0. The number of carbonyl (C=O) groups is 1. The van der Waals surface area contributed by atoms with E-state index in [-0.39, 0.29) is 11.8 Å². The van der Waals surface area contributed by atoms with Gasteiger partial charge in [0.05, 0.1) is 0 Å². The Morgan fingerprint density at radius 3 is 2.52 bits per heavy atom. The summed E-state index contributed by atoms with van der Waals surface area (Å²) in [6.45, 7) is 8.69. The van der Waals surface area contributed by atoms with Crippen LogP contribution >= 0.6 is 11.8 Å². The van der Waals surface area contributed by atoms with Gasteiger partial charge in [-0.2, -0.15) is 0 Å². The number of amides is 1. The Bertz CT molecular complexity index is 1060. The van der Waals surface area contributed by atoms with E-state index in [0.717, 1.165) is 36.8 Å². The first-order valence-corrected chi connectivity index (χ1v) is 12.5. The van der Waals surface area contributed by atoms with E-state index in [4.69, 9.17) is 0 Å². The topological polar surface area (TPSA) is 58.1 Å². The molecule has 0 aliphatic carbocycles. The molecule has 0 unspecified atom stereocenters. The average Bonchev–Trinajstić information content (AvgIpc) is 2.85. The molecule has 33 heavy (non-hydrogen) atoms. The van der Waals surface area contributed by atoms with Gasteiger partial charge in [0.15, 0.2) is 5.82 Å². The molecule has 0 saturated carbocycles. The Labute approximate surface area is 201 Å². The van der Waals surface area contributed by atoms with Gasteiger partial charge in [-0.3, -0.25) is 4.79 Å². The molecule has 0 radical (unpaired) electrons. The van der Waals surface area contributed by atoms with Gasteiger partial charge in [-0.15, -0.1) is 10.2 Å². The van der Waals surface area contributed by atoms with Crippen molar-refractivity contribution in [1.29, 1.82) is 0 Å². The van der Waals surface area contributed by atoms with Crippen molar-refractivity contribution in [3.05, 3.63) is 77.4 Å². The second-order valence-corrected chi connectivity index (χ2v) is 9.98. The highest BCUT2D eigenvalue weighted by Gasteiger charge is 2.26. The molecule has 6 heteroatoms. The molecule has 5 nitrogen and oxygen atoms in total. The summed E-state index contributed by atoms with van der Waals surface area (Å²) < 4.78 is 0. The maximum Gasteiger partial charge on any atom is 0.223 e. The number of rotatable bonds is 7. The van der Waals surface area contributed by atoms with Crippen molar-refractivity contribution < 1.29 is 4.79 Å². The molecule has 1 amide bonds. The number of hydrogen-bond donors (Lipinski definition) is 1. The maximum atomic E-state index is 12.7. The molecule has 4 rings (SSSR count). The number of piperidine rings is 1. The van der Waals surface area contributed by atoms with Crippen molar-refractivity contribution in [3.8, 4) is 0 Å². The van der Waals surface area contributed by atoms with Gasteiger partial charge in [-0.1, -0.05) is 61.2 Å². The highest BCUT2D eigenvalue weighted by atomic mass is 32.2. The SMILES string of the molecule is Cc1ccc(C)c(Sc2ccc(N3CCC(C(=O)NC[C@H](C)c4ccccc4)CC3)nn2)c1. The van der Waals surface area contributed by atoms with E-state index in [2.05, 4.69) is 71.5 Å². The summed E-state index contributed by atoms with van der Waals surface area (Å²) in [4.78, 5) is 16.1. The zero-order chi connectivity index (χ0) is 23.2. The summed E-state index contributed by atoms with van der Waals surface area (Å²) >= 11 is 1.65. The second-order valence-electron chi connectivity index (χ2n) is 8.92. The summed E-state index contributed by atoms with van der Waals surface area (Å²) in [5.74, 6) is 1.43. The lowest BCUT2D eigenvalue weighted by molar-refractivity contribution is -0.125. The molecule has 0 bridgehead atoms. The highest BCUT2D eigenvalue weighted by molar-refractivity contribution is 7.99. The molecule has 1 fully saturated rings. The Balaban J connectivity index is 1.26. The minimum atomic E-state index is 0.0660. The first-order chi connectivity index (χ1) is 16.0. The van der Waals surface area contributed by atoms with Crippen LogP contribution in [0.1, 0.15) is 42.4 Å². The molecule has 172 valence electrons. The van der Waals surface area contributed by atoms with Crippen LogP contribution in [0.4, 0.5) is 5.82 Å². The Morgan fingerprint density at radius 1 is 1.06 bits per heavy atom. The number of nitrogens with one attached hydrogen (secondary N) is 1. The average molecular weight is 461 g/mol. The van der Waals surface area contributed by atoms with Gasteiger partial charge >= 0.3 is 0 Å². The monoisotopic (exact) mass is 460 g/mol. The molecule has 0 spiro atoms. The van der Waals surface area contributed by atoms with Crippen molar-refractivity contribution in [2.45, 2.75) is 49.5 Å². The lowest BCUT2D eigenvalue weighted by Crippen LogP contribution is -2.41. The molecular formula is C27H32N4OS. The van der Waals surface area contributed by atoms with Gasteiger partial charge < -0.3 is 10.2 Å². The van der Waals surface area contributed by atoms with Gasteiger partial charge in [-0.05, 0) is 67.5 Å². The van der Waals surface area contributed by atoms with E-state index < -0.39 is 0 Å². The number of aromatic nitrogens is 2. The third kappa shape index (κ3) is 6.14. The molecule has 1 N–H and O–H groups in total. The lowest BCUT2D eigenvalue weighted by Gasteiger charge is -2.32. The Kier molecular flexibility index (Phi) is 7.65. The third-order valence-corrected chi connectivity index (χ3v) is 7.41. The van der Waals surface area contributed by atoms with Crippen LogP contribution < -0.4 is 10.2 Å². The number of benzene rings is 2. The molecule has 3 aromatic rings. The smallest absolute Gasteiger partial charge is 0.223 e. The third-order valence-electron chi connectivity index (χ3n) is 6.33. The molecule has 1 saturated heterocycles. The highest BCUT2D eigenvalue weighted by Crippen LogP contribution is 2.30. The predicted molar refractivity (Wildman–Crippen MR) is 135 cm³/mol. The fourth-order valence-electron chi connectivity index (χ4n) is 4.13. The zero-order valence-corrected chi connectivity index (χ0v) is 20.4. The van der Waals surface area contributed by atoms with Gasteiger partial charge in [0.2, 0.25) is 5.91 Å². The maximum absolute atomic E-state index is 12.7. The number of hydrogen-bond acceptors (Lipinski definition) is 5. The van der Waals surface area contributed by atoms with Crippen LogP contribution in [0.15, 0.2) is 70.6 Å². The molecule has 1 aliphatic heterocycles. The summed E-state index contributed by atoms with van der Waals surface area (Å²) in [5.41, 5.74) is 3.74. The predicted octanol–water partition coefficient (Wildman–Crippen LogP) is 5.38. The largest absolute Gasteiger partial charge is 0.355 e. The van der Waals surface area contributed by atoms with Crippen LogP contribution in [0.25, 0.3) is 0 Å². The van der Waals surface area contributed by atoms with Crippen molar-refractivity contribution in [2.75, 3.05) is 24.5 Å². The molecule has 1 aliphatic rings. The van der Waals surface area contributed by atoms with E-state index in [0.29, 0.717) is 12.5 Å². The molecule has 1 atom stereocenters. The van der Waals surface area contributed by atoms with Crippen LogP contribution in [0.3, 0.4) is 0 Å². The molecule has 1 aromatic heterocycles. The lowest BCUT2D eigenvalue weighted by atomic mass is 9.95. The van der Waals surface area contributed by atoms with Crippen LogP contribution in [-0.2, 0) is 4.79 Å². The zero-order valence-electron chi connectivity index (χ0n) is 19.6. The fraction of sp³-hybridized carbons (Fsp3) is 0.370. The first-order valence-electron chi connectivity index (χ1n) is 11.7. The Morgan fingerprint density at radius 2 is 1.82 bits per heavy atom. The van der Waals surface area contributed by atoms with E-state index in [1.165, 1.54) is 21.6 Å². The van der Waals surface area contributed by atoms with Crippen LogP contribution in [0, 0.1) is 19.8 Å². The van der Waals surface area contributed by atoms with E-state index in [1.807, 2.05) is 30.3 Å². The quantitative estimate of drug-likeness (QED) is 0.513. The van der Waals surface area contributed by atoms with Gasteiger partial charge in [-0.25, -0.2) is 0 Å². The number of carbonyl (C=O) groups excluding carboxylic acids is 1. The van der Waals surface area contributed by atoms with Crippen molar-refractivity contribution in [3.63, 3.8) is 0 Å². The first kappa shape index (κ1) is 23.3. The summed E-state index contributed by atoms with van der Waals surface area (Å²) in [5, 5.41) is 13.0. The minimum absolute atomic E-state index is 0.0660. The molecule has 2 aromatic carbocycles. The van der Waals surface area contributed by atoms with Gasteiger partial charge in [0.1, 0.15) is 5.03 Å². The van der Waals surface area contributed by atoms with Crippen LogP contribution in [-0.4, -0.2) is 35.7 Å². The van der Waals surface area contributed by atoms with Gasteiger partial charge in [0, 0.05) is 30.4 Å².